The summed E-state index contributed by atoms with van der Waals surface area (Å²) >= 11 is 0. The number of fused-ring (bicyclic) bond motifs is 2. The number of carbonyl (C=O) groups is 1. The lowest BCUT2D eigenvalue weighted by molar-refractivity contribution is -0.142. The molecule has 8 heteroatoms. The third kappa shape index (κ3) is 1.81. The summed E-state index contributed by atoms with van der Waals surface area (Å²) < 4.78 is 67.3. The van der Waals surface area contributed by atoms with Gasteiger partial charge in [0.2, 0.25) is 5.82 Å². The standard InChI is InChI=1S/C13H10F5NO2/c14-7-8(15)10(17)12(11(18)9(7)16)19-4-1-2-6(19)5(3-4)13(20)21/h4-6H,1-3H2,(H,20,21). The SMILES string of the molecule is O=C(O)C1CC2CCC1N2c1c(F)c(F)c(F)c(F)c1F. The molecule has 2 heterocycles. The molecule has 3 nitrogen and oxygen atoms in total. The average Bonchev–Trinajstić information content (AvgIpc) is 3.01. The first-order valence-corrected chi connectivity index (χ1v) is 6.37. The van der Waals surface area contributed by atoms with Crippen molar-refractivity contribution in [1.82, 2.24) is 0 Å². The number of hydrogen-bond acceptors (Lipinski definition) is 2. The fraction of sp³-hybridized carbons (Fsp3) is 0.462. The van der Waals surface area contributed by atoms with E-state index in [9.17, 15) is 26.7 Å². The number of carboxylic acid groups (broad SMARTS) is 1. The first kappa shape index (κ1) is 14.1. The Balaban J connectivity index is 2.13. The average molecular weight is 307 g/mol. The number of aliphatic carboxylic acids is 1. The van der Waals surface area contributed by atoms with Gasteiger partial charge in [-0.3, -0.25) is 4.79 Å². The van der Waals surface area contributed by atoms with Crippen molar-refractivity contribution in [3.63, 3.8) is 0 Å². The second-order valence-corrected chi connectivity index (χ2v) is 5.30. The first-order chi connectivity index (χ1) is 9.84. The van der Waals surface area contributed by atoms with Crippen molar-refractivity contribution in [3.8, 4) is 0 Å². The third-order valence-corrected chi connectivity index (χ3v) is 4.30. The van der Waals surface area contributed by atoms with Crippen LogP contribution < -0.4 is 4.90 Å². The van der Waals surface area contributed by atoms with Gasteiger partial charge in [0.25, 0.3) is 0 Å². The maximum Gasteiger partial charge on any atom is 0.308 e. The summed E-state index contributed by atoms with van der Waals surface area (Å²) in [7, 11) is 0. The van der Waals surface area contributed by atoms with E-state index in [0.717, 1.165) is 4.90 Å². The topological polar surface area (TPSA) is 40.5 Å². The number of nitrogens with zero attached hydrogens (tertiary/aromatic N) is 1. The summed E-state index contributed by atoms with van der Waals surface area (Å²) in [6.07, 6.45) is 0.953. The predicted molar refractivity (Wildman–Crippen MR) is 61.3 cm³/mol. The lowest BCUT2D eigenvalue weighted by Gasteiger charge is -2.26. The van der Waals surface area contributed by atoms with Gasteiger partial charge in [0.15, 0.2) is 23.3 Å². The molecule has 3 rings (SSSR count). The minimum atomic E-state index is -2.21. The van der Waals surface area contributed by atoms with E-state index in [-0.39, 0.29) is 6.42 Å². The summed E-state index contributed by atoms with van der Waals surface area (Å²) in [6.45, 7) is 0. The van der Waals surface area contributed by atoms with Crippen LogP contribution >= 0.6 is 0 Å². The van der Waals surface area contributed by atoms with Gasteiger partial charge in [-0.25, -0.2) is 22.0 Å². The van der Waals surface area contributed by atoms with Crippen LogP contribution in [0.25, 0.3) is 0 Å². The number of halogens is 5. The maximum absolute atomic E-state index is 13.8. The molecular weight excluding hydrogens is 297 g/mol. The zero-order valence-electron chi connectivity index (χ0n) is 10.5. The lowest BCUT2D eigenvalue weighted by atomic mass is 9.89. The van der Waals surface area contributed by atoms with Crippen LogP contribution in [0.2, 0.25) is 0 Å². The normalized spacial score (nSPS) is 27.5. The molecule has 114 valence electrons. The van der Waals surface area contributed by atoms with Crippen LogP contribution in [-0.2, 0) is 4.79 Å². The van der Waals surface area contributed by atoms with Crippen molar-refractivity contribution in [2.45, 2.75) is 31.3 Å². The van der Waals surface area contributed by atoms with Gasteiger partial charge >= 0.3 is 5.97 Å². The van der Waals surface area contributed by atoms with Gasteiger partial charge in [-0.15, -0.1) is 0 Å². The van der Waals surface area contributed by atoms with Crippen LogP contribution in [0.4, 0.5) is 27.6 Å². The molecule has 1 N–H and O–H groups in total. The van der Waals surface area contributed by atoms with E-state index in [1.165, 1.54) is 0 Å². The Morgan fingerprint density at radius 2 is 1.48 bits per heavy atom. The zero-order valence-corrected chi connectivity index (χ0v) is 10.5. The van der Waals surface area contributed by atoms with Crippen molar-refractivity contribution in [2.75, 3.05) is 4.90 Å². The van der Waals surface area contributed by atoms with E-state index in [1.54, 1.807) is 0 Å². The monoisotopic (exact) mass is 307 g/mol. The predicted octanol–water partition coefficient (Wildman–Crippen LogP) is 2.82. The second kappa shape index (κ2) is 4.57. The Labute approximate surface area is 116 Å². The summed E-state index contributed by atoms with van der Waals surface area (Å²) in [5, 5.41) is 9.07. The van der Waals surface area contributed by atoms with Gasteiger partial charge in [0.05, 0.1) is 5.92 Å². The van der Waals surface area contributed by atoms with Crippen LogP contribution in [-0.4, -0.2) is 23.2 Å². The molecule has 2 aliphatic heterocycles. The van der Waals surface area contributed by atoms with E-state index in [0.29, 0.717) is 12.8 Å². The minimum Gasteiger partial charge on any atom is -0.481 e. The van der Waals surface area contributed by atoms with Crippen molar-refractivity contribution in [1.29, 1.82) is 0 Å². The molecule has 2 saturated heterocycles. The van der Waals surface area contributed by atoms with E-state index in [1.807, 2.05) is 0 Å². The molecule has 0 amide bonds. The van der Waals surface area contributed by atoms with Gasteiger partial charge in [0.1, 0.15) is 5.69 Å². The van der Waals surface area contributed by atoms with Crippen LogP contribution in [0, 0.1) is 35.0 Å². The molecule has 2 bridgehead atoms. The molecule has 3 unspecified atom stereocenters. The molecule has 3 atom stereocenters. The maximum atomic E-state index is 13.8. The Morgan fingerprint density at radius 3 is 1.95 bits per heavy atom. The highest BCUT2D eigenvalue weighted by molar-refractivity contribution is 5.74. The number of rotatable bonds is 2. The summed E-state index contributed by atoms with van der Waals surface area (Å²) in [5.74, 6) is -12.0. The Kier molecular flexibility index (Phi) is 3.07. The molecule has 0 saturated carbocycles. The van der Waals surface area contributed by atoms with Crippen molar-refractivity contribution >= 4 is 11.7 Å². The zero-order chi connectivity index (χ0) is 15.5. The van der Waals surface area contributed by atoms with Crippen LogP contribution in [0.1, 0.15) is 19.3 Å². The van der Waals surface area contributed by atoms with Crippen LogP contribution in [0.5, 0.6) is 0 Å². The van der Waals surface area contributed by atoms with E-state index < -0.39 is 58.7 Å². The first-order valence-electron chi connectivity index (χ1n) is 6.37. The smallest absolute Gasteiger partial charge is 0.308 e. The van der Waals surface area contributed by atoms with Crippen molar-refractivity contribution < 1.29 is 31.9 Å². The van der Waals surface area contributed by atoms with Gasteiger partial charge in [-0.2, -0.15) is 0 Å². The molecule has 1 aromatic rings. The summed E-state index contributed by atoms with van der Waals surface area (Å²) in [4.78, 5) is 12.2. The number of benzene rings is 1. The highest BCUT2D eigenvalue weighted by Gasteiger charge is 2.51. The highest BCUT2D eigenvalue weighted by atomic mass is 19.2. The van der Waals surface area contributed by atoms with Crippen LogP contribution in [0.3, 0.4) is 0 Å². The molecular formula is C13H10F5NO2. The van der Waals surface area contributed by atoms with E-state index >= 15 is 0 Å². The quantitative estimate of drug-likeness (QED) is 0.519. The van der Waals surface area contributed by atoms with Gasteiger partial charge in [-0.1, -0.05) is 0 Å². The molecule has 0 radical (unpaired) electrons. The van der Waals surface area contributed by atoms with Crippen molar-refractivity contribution in [2.24, 2.45) is 5.92 Å². The fourth-order valence-electron chi connectivity index (χ4n) is 3.42. The lowest BCUT2D eigenvalue weighted by Crippen LogP contribution is -2.34. The highest BCUT2D eigenvalue weighted by Crippen LogP contribution is 2.47. The third-order valence-electron chi connectivity index (χ3n) is 4.30. The largest absolute Gasteiger partial charge is 0.481 e. The van der Waals surface area contributed by atoms with Crippen molar-refractivity contribution in [3.05, 3.63) is 29.1 Å². The van der Waals surface area contributed by atoms with Gasteiger partial charge < -0.3 is 10.0 Å². The Morgan fingerprint density at radius 1 is 0.952 bits per heavy atom. The molecule has 0 spiro atoms. The number of hydrogen-bond donors (Lipinski definition) is 1. The minimum absolute atomic E-state index is 0.138. The molecule has 1 aromatic carbocycles. The molecule has 2 aliphatic rings. The van der Waals surface area contributed by atoms with E-state index in [4.69, 9.17) is 5.11 Å². The number of anilines is 1. The van der Waals surface area contributed by atoms with Gasteiger partial charge in [0, 0.05) is 12.1 Å². The van der Waals surface area contributed by atoms with Gasteiger partial charge in [-0.05, 0) is 19.3 Å². The Hall–Kier alpha value is -1.86. The number of carboxylic acids is 1. The van der Waals surface area contributed by atoms with E-state index in [2.05, 4.69) is 0 Å². The Bertz CT molecular complexity index is 606. The molecule has 0 aromatic heterocycles. The molecule has 0 aliphatic carbocycles. The molecule has 2 fully saturated rings. The summed E-state index contributed by atoms with van der Waals surface area (Å²) in [5.41, 5.74) is -1.01. The molecule has 21 heavy (non-hydrogen) atoms. The summed E-state index contributed by atoms with van der Waals surface area (Å²) in [6, 6.07) is -1.27. The van der Waals surface area contributed by atoms with Crippen LogP contribution in [0.15, 0.2) is 0 Å². The fourth-order valence-corrected chi connectivity index (χ4v) is 3.42. The second-order valence-electron chi connectivity index (χ2n) is 5.30.